The first-order valence-corrected chi connectivity index (χ1v) is 8.87. The van der Waals surface area contributed by atoms with Crippen molar-refractivity contribution >= 4 is 27.3 Å². The van der Waals surface area contributed by atoms with Gasteiger partial charge in [-0.25, -0.2) is 0 Å². The predicted octanol–water partition coefficient (Wildman–Crippen LogP) is 3.12. The molecule has 1 aromatic heterocycles. The van der Waals surface area contributed by atoms with Crippen molar-refractivity contribution in [2.45, 2.75) is 25.5 Å². The summed E-state index contributed by atoms with van der Waals surface area (Å²) in [5.74, 6) is 0.747. The quantitative estimate of drug-likeness (QED) is 0.847. The van der Waals surface area contributed by atoms with Gasteiger partial charge in [-0.1, -0.05) is 18.2 Å². The van der Waals surface area contributed by atoms with Gasteiger partial charge in [0.2, 0.25) is 0 Å². The molecular weight excluding hydrogens is 308 g/mol. The lowest BCUT2D eigenvalue weighted by Crippen LogP contribution is -2.41. The van der Waals surface area contributed by atoms with Crippen LogP contribution in [-0.4, -0.2) is 44.6 Å². The topological polar surface area (TPSA) is 41.6 Å². The summed E-state index contributed by atoms with van der Waals surface area (Å²) in [4.78, 5) is 15.7. The fraction of sp³-hybridized carbons (Fsp3) is 0.500. The summed E-state index contributed by atoms with van der Waals surface area (Å²) in [6.07, 6.45) is 2.55. The zero-order valence-corrected chi connectivity index (χ0v) is 14.8. The minimum Gasteiger partial charge on any atom is -0.380 e. The van der Waals surface area contributed by atoms with Crippen molar-refractivity contribution in [3.8, 4) is 0 Å². The van der Waals surface area contributed by atoms with Crippen molar-refractivity contribution in [1.29, 1.82) is 0 Å². The molecule has 1 heterocycles. The number of methoxy groups -OCH3 is 1. The molecule has 5 heteroatoms. The number of likely N-dealkylation sites (N-methyl/N-ethyl adjacent to an activating group) is 1. The molecule has 2 aromatic rings. The van der Waals surface area contributed by atoms with Gasteiger partial charge in [0.15, 0.2) is 0 Å². The summed E-state index contributed by atoms with van der Waals surface area (Å²) in [5, 5.41) is 4.26. The van der Waals surface area contributed by atoms with Gasteiger partial charge in [0.25, 0.3) is 5.91 Å². The zero-order chi connectivity index (χ0) is 16.4. The fourth-order valence-corrected chi connectivity index (χ4v) is 4.22. The molecule has 1 saturated carbocycles. The third kappa shape index (κ3) is 3.57. The van der Waals surface area contributed by atoms with E-state index in [1.165, 1.54) is 12.8 Å². The van der Waals surface area contributed by atoms with Crippen LogP contribution in [0.5, 0.6) is 0 Å². The van der Waals surface area contributed by atoms with E-state index in [0.29, 0.717) is 19.2 Å². The number of thiophene rings is 1. The van der Waals surface area contributed by atoms with Gasteiger partial charge in [0.05, 0.1) is 11.5 Å². The van der Waals surface area contributed by atoms with E-state index in [9.17, 15) is 4.79 Å². The van der Waals surface area contributed by atoms with Gasteiger partial charge < -0.3 is 15.0 Å². The van der Waals surface area contributed by atoms with Crippen LogP contribution >= 0.6 is 11.3 Å². The highest BCUT2D eigenvalue weighted by atomic mass is 32.1. The molecule has 3 rings (SSSR count). The minimum absolute atomic E-state index is 0.0192. The van der Waals surface area contributed by atoms with Crippen molar-refractivity contribution in [3.63, 3.8) is 0 Å². The van der Waals surface area contributed by atoms with Crippen LogP contribution in [0, 0.1) is 5.92 Å². The number of ether oxygens (including phenoxy) is 1. The molecule has 1 atom stereocenters. The van der Waals surface area contributed by atoms with Gasteiger partial charge in [0, 0.05) is 30.0 Å². The van der Waals surface area contributed by atoms with Crippen molar-refractivity contribution in [3.05, 3.63) is 34.7 Å². The molecule has 0 radical (unpaired) electrons. The second-order valence-electron chi connectivity index (χ2n) is 6.42. The highest BCUT2D eigenvalue weighted by molar-refractivity contribution is 7.21. The fourth-order valence-electron chi connectivity index (χ4n) is 3.10. The van der Waals surface area contributed by atoms with Crippen LogP contribution in [-0.2, 0) is 11.3 Å². The summed E-state index contributed by atoms with van der Waals surface area (Å²) in [7, 11) is 5.85. The molecule has 4 nitrogen and oxygen atoms in total. The second kappa shape index (κ2) is 6.99. The highest BCUT2D eigenvalue weighted by Crippen LogP contribution is 2.35. The Morgan fingerprint density at radius 3 is 2.78 bits per heavy atom. The molecule has 0 saturated heterocycles. The maximum absolute atomic E-state index is 12.7. The average Bonchev–Trinajstić information content (AvgIpc) is 3.29. The first kappa shape index (κ1) is 16.4. The molecule has 1 amide bonds. The number of nitrogens with one attached hydrogen (secondary N) is 1. The molecular formula is C18H24N2O2S. The standard InChI is InChI=1S/C18H24N2O2S/c1-20(2)15(12-8-9-12)10-19-18(21)17-14(11-22-3)13-6-4-5-7-16(13)23-17/h4-7,12,15H,8-11H2,1-3H3,(H,19,21). The number of hydrogen-bond donors (Lipinski definition) is 1. The zero-order valence-electron chi connectivity index (χ0n) is 14.0. The third-order valence-electron chi connectivity index (χ3n) is 4.49. The molecule has 1 aliphatic rings. The Balaban J connectivity index is 1.78. The Morgan fingerprint density at radius 1 is 1.39 bits per heavy atom. The molecule has 23 heavy (non-hydrogen) atoms. The number of benzene rings is 1. The van der Waals surface area contributed by atoms with Gasteiger partial charge in [-0.3, -0.25) is 4.79 Å². The van der Waals surface area contributed by atoms with E-state index >= 15 is 0 Å². The molecule has 1 N–H and O–H groups in total. The van der Waals surface area contributed by atoms with Crippen LogP contribution in [0.1, 0.15) is 28.1 Å². The van der Waals surface area contributed by atoms with Crippen molar-refractivity contribution in [1.82, 2.24) is 10.2 Å². The van der Waals surface area contributed by atoms with Crippen LogP contribution in [0.3, 0.4) is 0 Å². The van der Waals surface area contributed by atoms with E-state index in [1.807, 2.05) is 12.1 Å². The average molecular weight is 332 g/mol. The van der Waals surface area contributed by atoms with Crippen LogP contribution < -0.4 is 5.32 Å². The summed E-state index contributed by atoms with van der Waals surface area (Å²) in [6.45, 7) is 1.17. The predicted molar refractivity (Wildman–Crippen MR) is 95.1 cm³/mol. The molecule has 1 fully saturated rings. The van der Waals surface area contributed by atoms with Crippen LogP contribution in [0.4, 0.5) is 0 Å². The Hall–Kier alpha value is -1.43. The first-order chi connectivity index (χ1) is 11.1. The Bertz CT molecular complexity index is 689. The number of fused-ring (bicyclic) bond motifs is 1. The van der Waals surface area contributed by atoms with Crippen LogP contribution in [0.15, 0.2) is 24.3 Å². The van der Waals surface area contributed by atoms with E-state index in [4.69, 9.17) is 4.74 Å². The van der Waals surface area contributed by atoms with E-state index < -0.39 is 0 Å². The van der Waals surface area contributed by atoms with E-state index in [2.05, 4.69) is 36.4 Å². The minimum atomic E-state index is 0.0192. The Labute approximate surface area is 141 Å². The number of amides is 1. The molecule has 1 aromatic carbocycles. The van der Waals surface area contributed by atoms with E-state index in [0.717, 1.165) is 26.4 Å². The van der Waals surface area contributed by atoms with Gasteiger partial charge >= 0.3 is 0 Å². The lowest BCUT2D eigenvalue weighted by Gasteiger charge is -2.24. The summed E-state index contributed by atoms with van der Waals surface area (Å²) < 4.78 is 6.45. The lowest BCUT2D eigenvalue weighted by molar-refractivity contribution is 0.0939. The Morgan fingerprint density at radius 2 is 2.13 bits per heavy atom. The van der Waals surface area contributed by atoms with Crippen molar-refractivity contribution in [2.24, 2.45) is 5.92 Å². The third-order valence-corrected chi connectivity index (χ3v) is 5.71. The first-order valence-electron chi connectivity index (χ1n) is 8.05. The summed E-state index contributed by atoms with van der Waals surface area (Å²) in [5.41, 5.74) is 0.999. The molecule has 1 aliphatic carbocycles. The number of nitrogens with zero attached hydrogens (tertiary/aromatic N) is 1. The number of hydrogen-bond acceptors (Lipinski definition) is 4. The monoisotopic (exact) mass is 332 g/mol. The second-order valence-corrected chi connectivity index (χ2v) is 7.47. The number of rotatable bonds is 7. The van der Waals surface area contributed by atoms with Gasteiger partial charge in [0.1, 0.15) is 0 Å². The van der Waals surface area contributed by atoms with Crippen molar-refractivity contribution in [2.75, 3.05) is 27.7 Å². The van der Waals surface area contributed by atoms with Crippen LogP contribution in [0.2, 0.25) is 0 Å². The summed E-state index contributed by atoms with van der Waals surface area (Å²) >= 11 is 1.55. The van der Waals surface area contributed by atoms with Crippen molar-refractivity contribution < 1.29 is 9.53 Å². The molecule has 0 spiro atoms. The number of carbonyl (C=O) groups excluding carboxylic acids is 1. The number of carbonyl (C=O) groups is 1. The largest absolute Gasteiger partial charge is 0.380 e. The highest BCUT2D eigenvalue weighted by Gasteiger charge is 2.33. The molecule has 124 valence electrons. The van der Waals surface area contributed by atoms with Gasteiger partial charge in [-0.05, 0) is 44.3 Å². The summed E-state index contributed by atoms with van der Waals surface area (Å²) in [6, 6.07) is 8.56. The molecule has 1 unspecified atom stereocenters. The maximum Gasteiger partial charge on any atom is 0.261 e. The van der Waals surface area contributed by atoms with Gasteiger partial charge in [-0.2, -0.15) is 0 Å². The van der Waals surface area contributed by atoms with E-state index in [-0.39, 0.29) is 5.91 Å². The molecule has 0 aliphatic heterocycles. The van der Waals surface area contributed by atoms with Crippen LogP contribution in [0.25, 0.3) is 10.1 Å². The van der Waals surface area contributed by atoms with Gasteiger partial charge in [-0.15, -0.1) is 11.3 Å². The SMILES string of the molecule is COCc1c(C(=O)NCC(C2CC2)N(C)C)sc2ccccc12. The maximum atomic E-state index is 12.7. The normalized spacial score (nSPS) is 16.0. The molecule has 0 bridgehead atoms. The Kier molecular flexibility index (Phi) is 4.99. The smallest absolute Gasteiger partial charge is 0.261 e. The lowest BCUT2D eigenvalue weighted by atomic mass is 10.1. The van der Waals surface area contributed by atoms with E-state index in [1.54, 1.807) is 18.4 Å².